The number of carbonyl (C=O) groups is 1. The predicted molar refractivity (Wildman–Crippen MR) is 71.3 cm³/mol. The molecule has 2 aliphatic heterocycles. The lowest BCUT2D eigenvalue weighted by atomic mass is 9.77. The number of carbonyl (C=O) groups excluding carboxylic acids is 1. The van der Waals surface area contributed by atoms with Crippen LogP contribution in [0.2, 0.25) is 0 Å². The molecule has 1 saturated heterocycles. The van der Waals surface area contributed by atoms with Crippen LogP contribution < -0.4 is 5.32 Å². The Hall–Kier alpha value is -0.860. The lowest BCUT2D eigenvalue weighted by Gasteiger charge is -2.26. The van der Waals surface area contributed by atoms with Crippen LogP contribution in [0, 0.1) is 0 Å². The van der Waals surface area contributed by atoms with E-state index in [1.54, 1.807) is 6.92 Å². The fraction of sp³-hybridized carbons (Fsp3) is 0.500. The molecule has 0 radical (unpaired) electrons. The van der Waals surface area contributed by atoms with E-state index in [2.05, 4.69) is 17.4 Å². The van der Waals surface area contributed by atoms with E-state index in [9.17, 15) is 4.79 Å². The summed E-state index contributed by atoms with van der Waals surface area (Å²) in [5.41, 5.74) is 3.77. The van der Waals surface area contributed by atoms with E-state index in [4.69, 9.17) is 0 Å². The van der Waals surface area contributed by atoms with Gasteiger partial charge in [0.05, 0.1) is 0 Å². The summed E-state index contributed by atoms with van der Waals surface area (Å²) in [7, 11) is 0. The van der Waals surface area contributed by atoms with Crippen molar-refractivity contribution in [1.82, 2.24) is 5.32 Å². The molecule has 2 nitrogen and oxygen atoms in total. The van der Waals surface area contributed by atoms with E-state index < -0.39 is 0 Å². The molecule has 4 rings (SSSR count). The van der Waals surface area contributed by atoms with E-state index in [1.807, 2.05) is 6.07 Å². The Labute approximate surface area is 108 Å². The number of rotatable bonds is 1. The standard InChI is InChI=1S/C14H17NO.ClH/c1-9(16)10-4-5-13-11-2-3-12(8-15-7-11)14(13)6-10;/h4-6,11-12,15H,2-3,7-8H2,1H3;1H. The van der Waals surface area contributed by atoms with Crippen LogP contribution in [0.25, 0.3) is 0 Å². The lowest BCUT2D eigenvalue weighted by Crippen LogP contribution is -2.18. The largest absolute Gasteiger partial charge is 0.316 e. The average Bonchev–Trinajstić information content (AvgIpc) is 2.62. The molecule has 0 aromatic heterocycles. The highest BCUT2D eigenvalue weighted by Gasteiger charge is 2.30. The van der Waals surface area contributed by atoms with Crippen molar-refractivity contribution in [1.29, 1.82) is 0 Å². The number of hydrogen-bond donors (Lipinski definition) is 1. The van der Waals surface area contributed by atoms with Gasteiger partial charge in [0.2, 0.25) is 0 Å². The molecule has 0 spiro atoms. The molecular weight excluding hydrogens is 234 g/mol. The molecule has 1 aromatic carbocycles. The van der Waals surface area contributed by atoms with Crippen LogP contribution >= 0.6 is 12.4 Å². The van der Waals surface area contributed by atoms with Gasteiger partial charge in [-0.2, -0.15) is 0 Å². The second kappa shape index (κ2) is 4.79. The molecule has 2 bridgehead atoms. The topological polar surface area (TPSA) is 29.1 Å². The summed E-state index contributed by atoms with van der Waals surface area (Å²) >= 11 is 0. The Morgan fingerprint density at radius 3 is 2.47 bits per heavy atom. The van der Waals surface area contributed by atoms with Crippen molar-refractivity contribution in [3.05, 3.63) is 34.9 Å². The van der Waals surface area contributed by atoms with Crippen molar-refractivity contribution >= 4 is 18.2 Å². The fourth-order valence-corrected chi connectivity index (χ4v) is 3.09. The predicted octanol–water partition coefficient (Wildman–Crippen LogP) is 2.88. The van der Waals surface area contributed by atoms with Crippen molar-refractivity contribution in [2.24, 2.45) is 0 Å². The van der Waals surface area contributed by atoms with Gasteiger partial charge < -0.3 is 5.32 Å². The number of Topliss-reactive ketones (excluding diaryl/α,β-unsaturated/α-hetero) is 1. The molecular formula is C14H18ClNO. The number of benzene rings is 1. The SMILES string of the molecule is CC(=O)c1ccc2c(c1)C1CCC2CNC1.Cl. The summed E-state index contributed by atoms with van der Waals surface area (Å²) in [6.07, 6.45) is 2.57. The minimum absolute atomic E-state index is 0. The molecule has 0 saturated carbocycles. The van der Waals surface area contributed by atoms with Gasteiger partial charge in [0, 0.05) is 18.7 Å². The number of ketones is 1. The second-order valence-corrected chi connectivity index (χ2v) is 5.03. The first-order valence-corrected chi connectivity index (χ1v) is 6.11. The number of nitrogens with one attached hydrogen (secondary N) is 1. The monoisotopic (exact) mass is 251 g/mol. The first-order valence-electron chi connectivity index (χ1n) is 6.11. The van der Waals surface area contributed by atoms with E-state index in [0.29, 0.717) is 11.8 Å². The summed E-state index contributed by atoms with van der Waals surface area (Å²) in [6.45, 7) is 3.82. The zero-order chi connectivity index (χ0) is 11.1. The molecule has 1 N–H and O–H groups in total. The average molecular weight is 252 g/mol. The van der Waals surface area contributed by atoms with Gasteiger partial charge in [0.1, 0.15) is 0 Å². The van der Waals surface area contributed by atoms with Crippen LogP contribution in [0.5, 0.6) is 0 Å². The summed E-state index contributed by atoms with van der Waals surface area (Å²) < 4.78 is 0. The third kappa shape index (κ3) is 2.12. The molecule has 1 fully saturated rings. The van der Waals surface area contributed by atoms with Gasteiger partial charge in [-0.1, -0.05) is 12.1 Å². The lowest BCUT2D eigenvalue weighted by molar-refractivity contribution is 0.101. The number of fused-ring (bicyclic) bond motifs is 3. The van der Waals surface area contributed by atoms with Crippen LogP contribution in [0.15, 0.2) is 18.2 Å². The van der Waals surface area contributed by atoms with Crippen LogP contribution in [0.3, 0.4) is 0 Å². The van der Waals surface area contributed by atoms with Crippen LogP contribution in [-0.4, -0.2) is 18.9 Å². The van der Waals surface area contributed by atoms with Gasteiger partial charge in [-0.05, 0) is 48.8 Å². The maximum absolute atomic E-state index is 11.4. The minimum atomic E-state index is 0. The highest BCUT2D eigenvalue weighted by Crippen LogP contribution is 2.40. The van der Waals surface area contributed by atoms with Gasteiger partial charge in [0.15, 0.2) is 5.78 Å². The molecule has 2 unspecified atom stereocenters. The molecule has 2 heterocycles. The van der Waals surface area contributed by atoms with E-state index >= 15 is 0 Å². The molecule has 17 heavy (non-hydrogen) atoms. The van der Waals surface area contributed by atoms with E-state index in [0.717, 1.165) is 18.7 Å². The zero-order valence-electron chi connectivity index (χ0n) is 10.0. The van der Waals surface area contributed by atoms with E-state index in [-0.39, 0.29) is 18.2 Å². The van der Waals surface area contributed by atoms with E-state index in [1.165, 1.54) is 24.0 Å². The van der Waals surface area contributed by atoms with Crippen molar-refractivity contribution in [2.45, 2.75) is 31.6 Å². The Kier molecular flexibility index (Phi) is 3.55. The molecule has 92 valence electrons. The smallest absolute Gasteiger partial charge is 0.159 e. The van der Waals surface area contributed by atoms with Gasteiger partial charge in [-0.15, -0.1) is 12.4 Å². The number of hydrogen-bond acceptors (Lipinski definition) is 2. The van der Waals surface area contributed by atoms with Gasteiger partial charge in [-0.25, -0.2) is 0 Å². The normalized spacial score (nSPS) is 25.7. The Morgan fingerprint density at radius 2 is 1.82 bits per heavy atom. The number of halogens is 1. The Bertz CT molecular complexity index is 440. The van der Waals surface area contributed by atoms with Crippen LogP contribution in [0.4, 0.5) is 0 Å². The summed E-state index contributed by atoms with van der Waals surface area (Å²) in [5, 5.41) is 3.52. The third-order valence-electron chi connectivity index (χ3n) is 4.02. The summed E-state index contributed by atoms with van der Waals surface area (Å²) in [6, 6.07) is 6.29. The second-order valence-electron chi connectivity index (χ2n) is 5.03. The molecule has 1 aliphatic carbocycles. The zero-order valence-corrected chi connectivity index (χ0v) is 10.8. The third-order valence-corrected chi connectivity index (χ3v) is 4.02. The van der Waals surface area contributed by atoms with Crippen molar-refractivity contribution in [3.8, 4) is 0 Å². The maximum Gasteiger partial charge on any atom is 0.159 e. The molecule has 2 atom stereocenters. The Balaban J connectivity index is 0.00000108. The molecule has 1 aromatic rings. The summed E-state index contributed by atoms with van der Waals surface area (Å²) in [4.78, 5) is 11.4. The van der Waals surface area contributed by atoms with Crippen molar-refractivity contribution < 1.29 is 4.79 Å². The molecule has 3 heteroatoms. The van der Waals surface area contributed by atoms with Crippen molar-refractivity contribution in [2.75, 3.05) is 13.1 Å². The maximum atomic E-state index is 11.4. The van der Waals surface area contributed by atoms with Gasteiger partial charge in [0.25, 0.3) is 0 Å². The van der Waals surface area contributed by atoms with Gasteiger partial charge >= 0.3 is 0 Å². The van der Waals surface area contributed by atoms with Crippen molar-refractivity contribution in [3.63, 3.8) is 0 Å². The molecule has 0 amide bonds. The Morgan fingerprint density at radius 1 is 1.18 bits per heavy atom. The quantitative estimate of drug-likeness (QED) is 0.778. The minimum Gasteiger partial charge on any atom is -0.316 e. The van der Waals surface area contributed by atoms with Gasteiger partial charge in [-0.3, -0.25) is 4.79 Å². The highest BCUT2D eigenvalue weighted by molar-refractivity contribution is 5.94. The first-order chi connectivity index (χ1) is 7.75. The first kappa shape index (κ1) is 12.6. The summed E-state index contributed by atoms with van der Waals surface area (Å²) in [5.74, 6) is 1.46. The van der Waals surface area contributed by atoms with Crippen LogP contribution in [0.1, 0.15) is 53.1 Å². The highest BCUT2D eigenvalue weighted by atomic mass is 35.5. The fourth-order valence-electron chi connectivity index (χ4n) is 3.09. The van der Waals surface area contributed by atoms with Crippen LogP contribution in [-0.2, 0) is 0 Å². The molecule has 3 aliphatic rings.